The zero-order chi connectivity index (χ0) is 12.6. The predicted molar refractivity (Wildman–Crippen MR) is 68.1 cm³/mol. The maximum absolute atomic E-state index is 11.8. The quantitative estimate of drug-likeness (QED) is 0.577. The van der Waals surface area contributed by atoms with Crippen LogP contribution in [0.4, 0.5) is 0 Å². The Balaban J connectivity index is 3.90. The lowest BCUT2D eigenvalue weighted by Crippen LogP contribution is -2.35. The van der Waals surface area contributed by atoms with E-state index >= 15 is 0 Å². The lowest BCUT2D eigenvalue weighted by Gasteiger charge is -2.18. The van der Waals surface area contributed by atoms with E-state index in [-0.39, 0.29) is 5.75 Å². The molecular weight excluding hydrogens is 226 g/mol. The molecule has 0 amide bonds. The van der Waals surface area contributed by atoms with Crippen molar-refractivity contribution in [2.45, 2.75) is 13.3 Å². The fourth-order valence-corrected chi connectivity index (χ4v) is 2.40. The molecule has 0 bridgehead atoms. The number of rotatable bonds is 9. The van der Waals surface area contributed by atoms with Crippen molar-refractivity contribution < 1.29 is 8.42 Å². The molecule has 98 valence electrons. The molecule has 5 nitrogen and oxygen atoms in total. The maximum atomic E-state index is 11.8. The molecule has 1 N–H and O–H groups in total. The highest BCUT2D eigenvalue weighted by atomic mass is 32.2. The van der Waals surface area contributed by atoms with E-state index in [1.54, 1.807) is 7.05 Å². The van der Waals surface area contributed by atoms with Gasteiger partial charge in [-0.25, -0.2) is 12.7 Å². The first-order valence-electron chi connectivity index (χ1n) is 5.69. The number of nitrogens with one attached hydrogen (secondary N) is 1. The van der Waals surface area contributed by atoms with Crippen LogP contribution in [0.5, 0.6) is 0 Å². The molecule has 0 aromatic carbocycles. The maximum Gasteiger partial charge on any atom is 0.215 e. The molecule has 0 aliphatic carbocycles. The Bertz CT molecular complexity index is 265. The molecule has 0 fully saturated rings. The van der Waals surface area contributed by atoms with Crippen LogP contribution in [0.15, 0.2) is 0 Å². The summed E-state index contributed by atoms with van der Waals surface area (Å²) in [5, 5.41) is 3.02. The smallest absolute Gasteiger partial charge is 0.215 e. The van der Waals surface area contributed by atoms with Gasteiger partial charge in [0.1, 0.15) is 0 Å². The monoisotopic (exact) mass is 251 g/mol. The summed E-state index contributed by atoms with van der Waals surface area (Å²) in [4.78, 5) is 2.05. The highest BCUT2D eigenvalue weighted by Gasteiger charge is 2.16. The fraction of sp³-hybridized carbons (Fsp3) is 1.00. The number of sulfonamides is 1. The first-order valence-corrected chi connectivity index (χ1v) is 7.30. The van der Waals surface area contributed by atoms with Crippen molar-refractivity contribution in [1.82, 2.24) is 14.5 Å². The molecule has 0 atom stereocenters. The largest absolute Gasteiger partial charge is 0.316 e. The summed E-state index contributed by atoms with van der Waals surface area (Å²) in [5.74, 6) is 0.180. The average Bonchev–Trinajstić information content (AvgIpc) is 2.17. The molecule has 0 heterocycles. The van der Waals surface area contributed by atoms with E-state index in [2.05, 4.69) is 10.2 Å². The Morgan fingerprint density at radius 3 is 2.25 bits per heavy atom. The van der Waals surface area contributed by atoms with Crippen LogP contribution in [0.3, 0.4) is 0 Å². The van der Waals surface area contributed by atoms with Gasteiger partial charge in [-0.3, -0.25) is 0 Å². The molecule has 0 aliphatic heterocycles. The van der Waals surface area contributed by atoms with Crippen LogP contribution in [0.25, 0.3) is 0 Å². The van der Waals surface area contributed by atoms with E-state index in [9.17, 15) is 8.42 Å². The third-order valence-corrected chi connectivity index (χ3v) is 4.19. The molecule has 16 heavy (non-hydrogen) atoms. The Kier molecular flexibility index (Phi) is 7.91. The van der Waals surface area contributed by atoms with Gasteiger partial charge >= 0.3 is 0 Å². The second-order valence-corrected chi connectivity index (χ2v) is 6.34. The summed E-state index contributed by atoms with van der Waals surface area (Å²) in [6, 6.07) is 0. The van der Waals surface area contributed by atoms with Gasteiger partial charge in [-0.05, 0) is 33.6 Å². The van der Waals surface area contributed by atoms with Crippen molar-refractivity contribution in [3.63, 3.8) is 0 Å². The summed E-state index contributed by atoms with van der Waals surface area (Å²) in [5.41, 5.74) is 0. The minimum Gasteiger partial charge on any atom is -0.316 e. The van der Waals surface area contributed by atoms with Gasteiger partial charge in [0.2, 0.25) is 10.0 Å². The molecule has 0 saturated heterocycles. The summed E-state index contributed by atoms with van der Waals surface area (Å²) < 4.78 is 25.0. The van der Waals surface area contributed by atoms with Gasteiger partial charge in [0.25, 0.3) is 0 Å². The van der Waals surface area contributed by atoms with Gasteiger partial charge < -0.3 is 10.2 Å². The Morgan fingerprint density at radius 2 is 1.75 bits per heavy atom. The Labute approximate surface area is 99.9 Å². The number of nitrogens with zero attached hydrogens (tertiary/aromatic N) is 2. The zero-order valence-corrected chi connectivity index (χ0v) is 11.7. The first-order chi connectivity index (χ1) is 7.40. The van der Waals surface area contributed by atoms with E-state index < -0.39 is 10.0 Å². The van der Waals surface area contributed by atoms with Gasteiger partial charge in [-0.15, -0.1) is 0 Å². The van der Waals surface area contributed by atoms with E-state index in [1.165, 1.54) is 4.31 Å². The highest BCUT2D eigenvalue weighted by Crippen LogP contribution is 1.99. The second kappa shape index (κ2) is 8.00. The normalized spacial score (nSPS) is 12.6. The fourth-order valence-electron chi connectivity index (χ4n) is 1.28. The molecule has 0 radical (unpaired) electrons. The standard InChI is InChI=1S/C10H25N3O2S/c1-5-11-7-10-16(14,15)13(4)9-6-8-12(2)3/h11H,5-10H2,1-4H3. The minimum absolute atomic E-state index is 0.180. The van der Waals surface area contributed by atoms with Crippen LogP contribution >= 0.6 is 0 Å². The van der Waals surface area contributed by atoms with Gasteiger partial charge in [0.15, 0.2) is 0 Å². The summed E-state index contributed by atoms with van der Waals surface area (Å²) in [6.07, 6.45) is 0.865. The van der Waals surface area contributed by atoms with E-state index in [0.717, 1.165) is 19.5 Å². The van der Waals surface area contributed by atoms with E-state index in [4.69, 9.17) is 0 Å². The molecule has 0 aromatic rings. The third-order valence-electron chi connectivity index (χ3n) is 2.34. The van der Waals surface area contributed by atoms with Crippen molar-refractivity contribution in [2.24, 2.45) is 0 Å². The molecule has 0 spiro atoms. The number of hydrogen-bond acceptors (Lipinski definition) is 4. The molecule has 0 unspecified atom stereocenters. The molecule has 0 saturated carbocycles. The Hall–Kier alpha value is -0.170. The van der Waals surface area contributed by atoms with Crippen molar-refractivity contribution in [3.8, 4) is 0 Å². The van der Waals surface area contributed by atoms with Crippen LogP contribution in [-0.4, -0.2) is 70.7 Å². The predicted octanol–water partition coefficient (Wildman–Crippen LogP) is -0.191. The summed E-state index contributed by atoms with van der Waals surface area (Å²) in [7, 11) is 2.54. The summed E-state index contributed by atoms with van der Waals surface area (Å²) >= 11 is 0. The average molecular weight is 251 g/mol. The molecule has 6 heteroatoms. The van der Waals surface area contributed by atoms with Crippen LogP contribution in [-0.2, 0) is 10.0 Å². The molecular formula is C10H25N3O2S. The minimum atomic E-state index is -3.08. The lowest BCUT2D eigenvalue weighted by molar-refractivity contribution is 0.370. The second-order valence-electron chi connectivity index (χ2n) is 4.15. The molecule has 0 aliphatic rings. The van der Waals surface area contributed by atoms with Crippen molar-refractivity contribution in [3.05, 3.63) is 0 Å². The Morgan fingerprint density at radius 1 is 1.12 bits per heavy atom. The van der Waals surface area contributed by atoms with Crippen molar-refractivity contribution >= 4 is 10.0 Å². The van der Waals surface area contributed by atoms with Gasteiger partial charge in [-0.2, -0.15) is 0 Å². The van der Waals surface area contributed by atoms with Gasteiger partial charge in [0.05, 0.1) is 5.75 Å². The SMILES string of the molecule is CCNCCS(=O)(=O)N(C)CCCN(C)C. The highest BCUT2D eigenvalue weighted by molar-refractivity contribution is 7.89. The zero-order valence-electron chi connectivity index (χ0n) is 10.9. The van der Waals surface area contributed by atoms with Crippen LogP contribution < -0.4 is 5.32 Å². The van der Waals surface area contributed by atoms with Gasteiger partial charge in [-0.1, -0.05) is 6.92 Å². The van der Waals surface area contributed by atoms with Gasteiger partial charge in [0, 0.05) is 20.1 Å². The molecule has 0 aromatic heterocycles. The lowest BCUT2D eigenvalue weighted by atomic mass is 10.4. The van der Waals surface area contributed by atoms with E-state index in [0.29, 0.717) is 13.1 Å². The van der Waals surface area contributed by atoms with E-state index in [1.807, 2.05) is 21.0 Å². The topological polar surface area (TPSA) is 52.7 Å². The van der Waals surface area contributed by atoms with Crippen molar-refractivity contribution in [2.75, 3.05) is 53.1 Å². The number of hydrogen-bond donors (Lipinski definition) is 1. The van der Waals surface area contributed by atoms with Crippen LogP contribution in [0, 0.1) is 0 Å². The van der Waals surface area contributed by atoms with Crippen LogP contribution in [0.2, 0.25) is 0 Å². The first kappa shape index (κ1) is 15.8. The molecule has 0 rings (SSSR count). The van der Waals surface area contributed by atoms with Crippen molar-refractivity contribution in [1.29, 1.82) is 0 Å². The third kappa shape index (κ3) is 7.16. The van der Waals surface area contributed by atoms with Crippen LogP contribution in [0.1, 0.15) is 13.3 Å². The summed E-state index contributed by atoms with van der Waals surface area (Å²) in [6.45, 7) is 4.80.